The molecule has 2 heterocycles. The molecule has 0 aliphatic heterocycles. The van der Waals surface area contributed by atoms with Gasteiger partial charge in [0.05, 0.1) is 5.69 Å². The second-order valence-electron chi connectivity index (χ2n) is 3.82. The van der Waals surface area contributed by atoms with Gasteiger partial charge in [-0.1, -0.05) is 0 Å². The maximum atomic E-state index is 13.1. The fourth-order valence-electron chi connectivity index (χ4n) is 1.52. The summed E-state index contributed by atoms with van der Waals surface area (Å²) in [5.41, 5.74) is 0.586. The molecule has 0 radical (unpaired) electrons. The molecule has 10 heteroatoms. The zero-order valence-electron chi connectivity index (χ0n) is 10.2. The van der Waals surface area contributed by atoms with E-state index in [0.717, 1.165) is 0 Å². The summed E-state index contributed by atoms with van der Waals surface area (Å²) in [4.78, 5) is 15.9. The smallest absolute Gasteiger partial charge is 0.258 e. The van der Waals surface area contributed by atoms with Gasteiger partial charge >= 0.3 is 0 Å². The normalized spacial score (nSPS) is 10.6. The van der Waals surface area contributed by atoms with Gasteiger partial charge in [-0.05, 0) is 45.7 Å². The first kappa shape index (κ1) is 13.8. The quantitative estimate of drug-likeness (QED) is 0.763. The number of rotatable bonds is 3. The minimum atomic E-state index is -0.357. The second kappa shape index (κ2) is 5.70. The lowest BCUT2D eigenvalue weighted by Crippen LogP contribution is -2.07. The Labute approximate surface area is 131 Å². The van der Waals surface area contributed by atoms with Crippen LogP contribution in [0.5, 0.6) is 0 Å². The van der Waals surface area contributed by atoms with Crippen LogP contribution >= 0.6 is 27.5 Å². The van der Waals surface area contributed by atoms with Gasteiger partial charge < -0.3 is 5.32 Å². The van der Waals surface area contributed by atoms with Crippen molar-refractivity contribution in [1.29, 1.82) is 0 Å². The largest absolute Gasteiger partial charge is 0.323 e. The Morgan fingerprint density at radius 2 is 2.10 bits per heavy atom. The highest BCUT2D eigenvalue weighted by atomic mass is 79.9. The van der Waals surface area contributed by atoms with Crippen LogP contribution in [0.15, 0.2) is 35.3 Å². The number of nitrogens with zero attached hydrogens (tertiary/aromatic N) is 6. The van der Waals surface area contributed by atoms with E-state index >= 15 is 0 Å². The summed E-state index contributed by atoms with van der Waals surface area (Å²) >= 11 is 9.11. The van der Waals surface area contributed by atoms with Crippen molar-refractivity contribution in [2.45, 2.75) is 0 Å². The van der Waals surface area contributed by atoms with Crippen LogP contribution < -0.4 is 5.32 Å². The van der Waals surface area contributed by atoms with Gasteiger partial charge in [-0.2, -0.15) is 24.7 Å². The molecule has 0 aliphatic carbocycles. The highest BCUT2D eigenvalue weighted by Crippen LogP contribution is 2.25. The van der Waals surface area contributed by atoms with Gasteiger partial charge in [-0.25, -0.2) is 9.37 Å². The van der Waals surface area contributed by atoms with Gasteiger partial charge in [-0.3, -0.25) is 0 Å². The first-order valence-corrected chi connectivity index (χ1v) is 6.77. The number of hydrogen-bond acceptors (Lipinski definition) is 6. The molecule has 0 aliphatic rings. The number of halogens is 3. The summed E-state index contributed by atoms with van der Waals surface area (Å²) in [6.07, 6.45) is 2.78. The third kappa shape index (κ3) is 3.14. The maximum Gasteiger partial charge on any atom is 0.258 e. The van der Waals surface area contributed by atoms with Gasteiger partial charge in [0, 0.05) is 4.47 Å². The molecule has 3 aromatic rings. The van der Waals surface area contributed by atoms with Crippen LogP contribution in [0.3, 0.4) is 0 Å². The Morgan fingerprint density at radius 3 is 2.81 bits per heavy atom. The van der Waals surface area contributed by atoms with Crippen molar-refractivity contribution in [3.8, 4) is 5.95 Å². The van der Waals surface area contributed by atoms with Crippen LogP contribution in [0.25, 0.3) is 5.95 Å². The average Bonchev–Trinajstić information content (AvgIpc) is 2.95. The predicted molar refractivity (Wildman–Crippen MR) is 77.1 cm³/mol. The van der Waals surface area contributed by atoms with Crippen LogP contribution in [-0.2, 0) is 0 Å². The molecule has 0 bridgehead atoms. The summed E-state index contributed by atoms with van der Waals surface area (Å²) in [6, 6.07) is 4.18. The molecule has 0 unspecified atom stereocenters. The van der Waals surface area contributed by atoms with Crippen LogP contribution in [0.2, 0.25) is 5.28 Å². The molecule has 3 rings (SSSR count). The summed E-state index contributed by atoms with van der Waals surface area (Å²) in [7, 11) is 0. The Hall–Kier alpha value is -2.13. The lowest BCUT2D eigenvalue weighted by molar-refractivity contribution is 0.627. The molecule has 0 saturated carbocycles. The fourth-order valence-corrected chi connectivity index (χ4v) is 2.13. The van der Waals surface area contributed by atoms with E-state index in [1.54, 1.807) is 6.07 Å². The molecule has 7 nitrogen and oxygen atoms in total. The number of nitrogens with one attached hydrogen (secondary N) is 1. The lowest BCUT2D eigenvalue weighted by Gasteiger charge is -2.08. The molecule has 0 saturated heterocycles. The van der Waals surface area contributed by atoms with E-state index in [-0.39, 0.29) is 23.0 Å². The van der Waals surface area contributed by atoms with Crippen molar-refractivity contribution in [1.82, 2.24) is 29.7 Å². The van der Waals surface area contributed by atoms with Gasteiger partial charge in [-0.15, -0.1) is 0 Å². The lowest BCUT2D eigenvalue weighted by atomic mass is 10.3. The summed E-state index contributed by atoms with van der Waals surface area (Å²) in [5, 5.41) is 6.83. The van der Waals surface area contributed by atoms with Gasteiger partial charge in [0.25, 0.3) is 5.95 Å². The van der Waals surface area contributed by atoms with Crippen molar-refractivity contribution in [3.63, 3.8) is 0 Å². The molecule has 0 spiro atoms. The second-order valence-corrected chi connectivity index (χ2v) is 5.01. The molecule has 0 atom stereocenters. The van der Waals surface area contributed by atoms with Crippen molar-refractivity contribution in [2.24, 2.45) is 0 Å². The molecule has 1 N–H and O–H groups in total. The zero-order chi connectivity index (χ0) is 14.8. The molecule has 0 amide bonds. The van der Waals surface area contributed by atoms with Crippen molar-refractivity contribution < 1.29 is 4.39 Å². The molecule has 106 valence electrons. The van der Waals surface area contributed by atoms with Gasteiger partial charge in [0.2, 0.25) is 11.2 Å². The Kier molecular flexibility index (Phi) is 3.76. The van der Waals surface area contributed by atoms with Crippen LogP contribution in [-0.4, -0.2) is 29.7 Å². The Morgan fingerprint density at radius 1 is 1.24 bits per heavy atom. The number of hydrogen-bond donors (Lipinski definition) is 1. The van der Waals surface area contributed by atoms with Gasteiger partial charge in [0.15, 0.2) is 0 Å². The first-order valence-electron chi connectivity index (χ1n) is 5.60. The summed E-state index contributed by atoms with van der Waals surface area (Å²) in [5.74, 6) is 0.0606. The van der Waals surface area contributed by atoms with Crippen molar-refractivity contribution >= 4 is 39.2 Å². The minimum Gasteiger partial charge on any atom is -0.323 e. The van der Waals surface area contributed by atoms with E-state index in [2.05, 4.69) is 46.3 Å². The third-order valence-corrected chi connectivity index (χ3v) is 3.22. The first-order chi connectivity index (χ1) is 10.1. The highest BCUT2D eigenvalue weighted by molar-refractivity contribution is 9.10. The Bertz CT molecular complexity index is 780. The van der Waals surface area contributed by atoms with Gasteiger partial charge in [0.1, 0.15) is 18.5 Å². The van der Waals surface area contributed by atoms with E-state index in [1.165, 1.54) is 29.5 Å². The molecular formula is C11H6BrClFN7. The minimum absolute atomic E-state index is 0.00349. The number of benzene rings is 1. The molecule has 2 aromatic heterocycles. The number of aromatic nitrogens is 6. The topological polar surface area (TPSA) is 81.4 Å². The van der Waals surface area contributed by atoms with E-state index in [4.69, 9.17) is 11.6 Å². The molecule has 21 heavy (non-hydrogen) atoms. The summed E-state index contributed by atoms with van der Waals surface area (Å²) in [6.45, 7) is 0. The van der Waals surface area contributed by atoms with E-state index in [0.29, 0.717) is 10.2 Å². The van der Waals surface area contributed by atoms with Crippen LogP contribution in [0.1, 0.15) is 0 Å². The van der Waals surface area contributed by atoms with Crippen LogP contribution in [0.4, 0.5) is 16.0 Å². The van der Waals surface area contributed by atoms with E-state index in [1.807, 2.05) is 0 Å². The monoisotopic (exact) mass is 369 g/mol. The Balaban J connectivity index is 1.95. The SMILES string of the molecule is Fc1ccc(Nc2nc(Cl)nc(-n3cncn3)n2)c(Br)c1. The summed E-state index contributed by atoms with van der Waals surface area (Å²) < 4.78 is 14.9. The van der Waals surface area contributed by atoms with E-state index in [9.17, 15) is 4.39 Å². The molecular weight excluding hydrogens is 365 g/mol. The van der Waals surface area contributed by atoms with Crippen molar-refractivity contribution in [2.75, 3.05) is 5.32 Å². The predicted octanol–water partition coefficient (Wildman–Crippen LogP) is 2.75. The average molecular weight is 371 g/mol. The number of anilines is 2. The van der Waals surface area contributed by atoms with Crippen molar-refractivity contribution in [3.05, 3.63) is 46.4 Å². The van der Waals surface area contributed by atoms with Crippen LogP contribution in [0, 0.1) is 5.82 Å². The highest BCUT2D eigenvalue weighted by Gasteiger charge is 2.09. The third-order valence-electron chi connectivity index (χ3n) is 2.40. The maximum absolute atomic E-state index is 13.1. The fraction of sp³-hybridized carbons (Fsp3) is 0. The standard InChI is InChI=1S/C11H6BrClFN7/c12-7-3-6(14)1-2-8(7)17-10-18-9(13)19-11(20-10)21-5-15-4-16-21/h1-5H,(H,17,18,19,20). The zero-order valence-corrected chi connectivity index (χ0v) is 12.5. The molecule has 0 fully saturated rings. The van der Waals surface area contributed by atoms with E-state index < -0.39 is 0 Å². The molecule has 1 aromatic carbocycles.